The number of nitrogens with two attached hydrogens (primary N) is 1. The molecular weight excluding hydrogens is 456 g/mol. The van der Waals surface area contributed by atoms with Crippen molar-refractivity contribution in [3.63, 3.8) is 0 Å². The Bertz CT molecular complexity index is 854. The van der Waals surface area contributed by atoms with Crippen LogP contribution in [-0.4, -0.2) is 78.0 Å². The first kappa shape index (κ1) is 26.6. The van der Waals surface area contributed by atoms with E-state index in [2.05, 4.69) is 36.1 Å². The minimum Gasteiger partial charge on any atom is -0.369 e. The van der Waals surface area contributed by atoms with Gasteiger partial charge in [-0.2, -0.15) is 4.98 Å². The van der Waals surface area contributed by atoms with Gasteiger partial charge >= 0.3 is 0 Å². The number of carbonyl (C=O) groups excluding carboxylic acids is 2. The van der Waals surface area contributed by atoms with E-state index in [0.29, 0.717) is 36.8 Å². The SMILES string of the molecule is NC1CCCCNc2nc(ncc2C(=O)NC2CCN(CC3CC3)CC2)NCCCCCCNC1=O. The maximum absolute atomic E-state index is 13.2. The number of piperidine rings is 1. The average Bonchev–Trinajstić information content (AvgIpc) is 3.70. The van der Waals surface area contributed by atoms with Crippen molar-refractivity contribution in [2.45, 2.75) is 82.7 Å². The molecule has 10 nitrogen and oxygen atoms in total. The van der Waals surface area contributed by atoms with Crippen molar-refractivity contribution >= 4 is 23.6 Å². The zero-order valence-corrected chi connectivity index (χ0v) is 21.6. The lowest BCUT2D eigenvalue weighted by atomic mass is 10.0. The summed E-state index contributed by atoms with van der Waals surface area (Å²) in [6.45, 7) is 5.40. The van der Waals surface area contributed by atoms with E-state index >= 15 is 0 Å². The van der Waals surface area contributed by atoms with Gasteiger partial charge in [-0.3, -0.25) is 9.59 Å². The van der Waals surface area contributed by atoms with E-state index in [4.69, 9.17) is 5.73 Å². The van der Waals surface area contributed by atoms with Crippen LogP contribution in [0.4, 0.5) is 11.8 Å². The van der Waals surface area contributed by atoms with Gasteiger partial charge in [-0.25, -0.2) is 4.98 Å². The monoisotopic (exact) mass is 500 g/mol. The maximum atomic E-state index is 13.2. The summed E-state index contributed by atoms with van der Waals surface area (Å²) in [5, 5.41) is 12.8. The van der Waals surface area contributed by atoms with Crippen LogP contribution in [0.2, 0.25) is 0 Å². The highest BCUT2D eigenvalue weighted by Gasteiger charge is 2.28. The van der Waals surface area contributed by atoms with Gasteiger partial charge in [-0.05, 0) is 63.7 Å². The predicted octanol–water partition coefficient (Wildman–Crippen LogP) is 2.09. The van der Waals surface area contributed by atoms with Gasteiger partial charge in [0.05, 0.1) is 6.04 Å². The van der Waals surface area contributed by atoms with Crippen LogP contribution < -0.4 is 27.0 Å². The molecule has 1 saturated carbocycles. The molecule has 2 aliphatic heterocycles. The van der Waals surface area contributed by atoms with Crippen LogP contribution in [0.5, 0.6) is 0 Å². The lowest BCUT2D eigenvalue weighted by Crippen LogP contribution is -2.45. The topological polar surface area (TPSA) is 137 Å². The third kappa shape index (κ3) is 8.58. The van der Waals surface area contributed by atoms with E-state index in [-0.39, 0.29) is 17.9 Å². The molecule has 1 aliphatic carbocycles. The van der Waals surface area contributed by atoms with Crippen molar-refractivity contribution in [2.75, 3.05) is 49.9 Å². The van der Waals surface area contributed by atoms with Gasteiger partial charge in [-0.15, -0.1) is 0 Å². The highest BCUT2D eigenvalue weighted by molar-refractivity contribution is 5.98. The summed E-state index contributed by atoms with van der Waals surface area (Å²) in [4.78, 5) is 36.9. The second-order valence-electron chi connectivity index (χ2n) is 10.6. The van der Waals surface area contributed by atoms with Gasteiger partial charge < -0.3 is 31.9 Å². The van der Waals surface area contributed by atoms with E-state index in [1.807, 2.05) is 0 Å². The zero-order chi connectivity index (χ0) is 25.2. The number of anilines is 2. The lowest BCUT2D eigenvalue weighted by Gasteiger charge is -2.32. The van der Waals surface area contributed by atoms with Crippen molar-refractivity contribution in [1.29, 1.82) is 0 Å². The number of fused-ring (bicyclic) bond motifs is 2. The Morgan fingerprint density at radius 2 is 1.64 bits per heavy atom. The van der Waals surface area contributed by atoms with Gasteiger partial charge in [-0.1, -0.05) is 12.8 Å². The Morgan fingerprint density at radius 3 is 2.39 bits per heavy atom. The van der Waals surface area contributed by atoms with E-state index in [1.165, 1.54) is 19.4 Å². The first-order chi connectivity index (χ1) is 17.6. The van der Waals surface area contributed by atoms with Crippen LogP contribution in [0, 0.1) is 5.92 Å². The van der Waals surface area contributed by atoms with Crippen LogP contribution >= 0.6 is 0 Å². The molecule has 0 aromatic carbocycles. The molecule has 2 bridgehead atoms. The minimum absolute atomic E-state index is 0.0662. The highest BCUT2D eigenvalue weighted by atomic mass is 16.2. The van der Waals surface area contributed by atoms with Crippen LogP contribution in [0.15, 0.2) is 6.20 Å². The van der Waals surface area contributed by atoms with Crippen molar-refractivity contribution in [3.05, 3.63) is 11.8 Å². The number of nitrogens with zero attached hydrogens (tertiary/aromatic N) is 3. The fraction of sp³-hybridized carbons (Fsp3) is 0.769. The van der Waals surface area contributed by atoms with Crippen LogP contribution in [0.25, 0.3) is 0 Å². The molecular formula is C26H44N8O2. The molecule has 1 unspecified atom stereocenters. The summed E-state index contributed by atoms with van der Waals surface area (Å²) in [5.74, 6) is 1.81. The molecule has 3 heterocycles. The second kappa shape index (κ2) is 13.7. The molecule has 1 atom stereocenters. The van der Waals surface area contributed by atoms with Crippen molar-refractivity contribution in [2.24, 2.45) is 11.7 Å². The van der Waals surface area contributed by atoms with E-state index in [1.54, 1.807) is 6.20 Å². The number of rotatable bonds is 4. The normalized spacial score (nSPS) is 23.9. The average molecular weight is 501 g/mol. The zero-order valence-electron chi connectivity index (χ0n) is 21.6. The van der Waals surface area contributed by atoms with Crippen LogP contribution in [0.3, 0.4) is 0 Å². The minimum atomic E-state index is -0.476. The van der Waals surface area contributed by atoms with Gasteiger partial charge in [0.1, 0.15) is 11.4 Å². The molecule has 1 aromatic rings. The molecule has 0 radical (unpaired) electrons. The Hall–Kier alpha value is -2.46. The molecule has 36 heavy (non-hydrogen) atoms. The van der Waals surface area contributed by atoms with E-state index in [0.717, 1.165) is 76.9 Å². The van der Waals surface area contributed by atoms with Gasteiger partial charge in [0.25, 0.3) is 5.91 Å². The summed E-state index contributed by atoms with van der Waals surface area (Å²) in [6.07, 6.45) is 12.7. The number of nitrogens with one attached hydrogen (secondary N) is 4. The number of amides is 2. The first-order valence-corrected chi connectivity index (χ1v) is 14.0. The molecule has 3 aliphatic rings. The van der Waals surface area contributed by atoms with E-state index < -0.39 is 6.04 Å². The largest absolute Gasteiger partial charge is 0.369 e. The number of hydrogen-bond acceptors (Lipinski definition) is 8. The van der Waals surface area contributed by atoms with Crippen molar-refractivity contribution in [3.8, 4) is 0 Å². The van der Waals surface area contributed by atoms with Crippen molar-refractivity contribution < 1.29 is 9.59 Å². The molecule has 4 rings (SSSR count). The Kier molecular flexibility index (Phi) is 10.2. The number of hydrogen-bond donors (Lipinski definition) is 5. The summed E-state index contributed by atoms with van der Waals surface area (Å²) < 4.78 is 0. The molecule has 2 fully saturated rings. The smallest absolute Gasteiger partial charge is 0.256 e. The lowest BCUT2D eigenvalue weighted by molar-refractivity contribution is -0.122. The second-order valence-corrected chi connectivity index (χ2v) is 10.6. The molecule has 1 saturated heterocycles. The van der Waals surface area contributed by atoms with Gasteiger partial charge in [0.15, 0.2) is 0 Å². The maximum Gasteiger partial charge on any atom is 0.256 e. The molecule has 0 spiro atoms. The fourth-order valence-electron chi connectivity index (χ4n) is 4.93. The molecule has 10 heteroatoms. The summed E-state index contributed by atoms with van der Waals surface area (Å²) in [5.41, 5.74) is 6.53. The third-order valence-corrected chi connectivity index (χ3v) is 7.43. The summed E-state index contributed by atoms with van der Waals surface area (Å²) in [7, 11) is 0. The Balaban J connectivity index is 1.34. The molecule has 200 valence electrons. The first-order valence-electron chi connectivity index (χ1n) is 14.0. The quantitative estimate of drug-likeness (QED) is 0.424. The number of likely N-dealkylation sites (tertiary alicyclic amines) is 1. The fourth-order valence-corrected chi connectivity index (χ4v) is 4.93. The highest BCUT2D eigenvalue weighted by Crippen LogP contribution is 2.30. The van der Waals surface area contributed by atoms with Gasteiger partial charge in [0.2, 0.25) is 11.9 Å². The number of carbonyl (C=O) groups is 2. The summed E-state index contributed by atoms with van der Waals surface area (Å²) >= 11 is 0. The van der Waals surface area contributed by atoms with Crippen LogP contribution in [-0.2, 0) is 4.79 Å². The standard InChI is InChI=1S/C26H44N8O2/c27-22-7-3-6-12-28-23-21(24(35)32-20-10-15-34(16-11-20)18-19-8-9-19)17-31-26(33-23)30-14-5-2-1-4-13-29-25(22)36/h17,19-20,22H,1-16,18,27H2,(H,29,36)(H,32,35)(H2,28,30,31,33). The Labute approximate surface area is 215 Å². The molecule has 1 aromatic heterocycles. The molecule has 6 N–H and O–H groups in total. The Morgan fingerprint density at radius 1 is 0.944 bits per heavy atom. The van der Waals surface area contributed by atoms with Gasteiger partial charge in [0, 0.05) is 51.5 Å². The van der Waals surface area contributed by atoms with E-state index in [9.17, 15) is 9.59 Å². The third-order valence-electron chi connectivity index (χ3n) is 7.43. The molecule has 2 amide bonds. The van der Waals surface area contributed by atoms with Crippen molar-refractivity contribution in [1.82, 2.24) is 25.5 Å². The number of aromatic nitrogens is 2. The van der Waals surface area contributed by atoms with Crippen LogP contribution in [0.1, 0.15) is 81.0 Å². The summed E-state index contributed by atoms with van der Waals surface area (Å²) in [6, 6.07) is -0.291. The predicted molar refractivity (Wildman–Crippen MR) is 142 cm³/mol.